The van der Waals surface area contributed by atoms with Gasteiger partial charge in [0.2, 0.25) is 0 Å². The Morgan fingerprint density at radius 3 is 2.52 bits per heavy atom. The van der Waals surface area contributed by atoms with E-state index in [1.165, 1.54) is 12.1 Å². The summed E-state index contributed by atoms with van der Waals surface area (Å²) in [7, 11) is 0. The molecule has 4 nitrogen and oxygen atoms in total. The maximum absolute atomic E-state index is 13.6. The number of carbonyl (C=O) groups is 1. The summed E-state index contributed by atoms with van der Waals surface area (Å²) in [4.78, 5) is 12.6. The number of amides is 1. The van der Waals surface area contributed by atoms with E-state index in [2.05, 4.69) is 21.4 Å². The van der Waals surface area contributed by atoms with Crippen LogP contribution in [0, 0.1) is 0 Å². The van der Waals surface area contributed by atoms with Crippen molar-refractivity contribution in [1.29, 1.82) is 0 Å². The van der Waals surface area contributed by atoms with Gasteiger partial charge in [0.25, 0.3) is 11.6 Å². The molecule has 0 radical (unpaired) electrons. The van der Waals surface area contributed by atoms with Crippen LogP contribution in [-0.4, -0.2) is 27.9 Å². The van der Waals surface area contributed by atoms with Crippen molar-refractivity contribution in [2.75, 3.05) is 0 Å². The average molecular weight is 419 g/mol. The summed E-state index contributed by atoms with van der Waals surface area (Å²) < 4.78 is 41.3. The third-order valence-corrected chi connectivity index (χ3v) is 5.15. The fourth-order valence-electron chi connectivity index (χ4n) is 3.27. The summed E-state index contributed by atoms with van der Waals surface area (Å²) in [5.41, 5.74) is 0.519. The molecule has 1 aliphatic carbocycles. The molecule has 0 unspecified atom stereocenters. The van der Waals surface area contributed by atoms with E-state index >= 15 is 0 Å². The first kappa shape index (κ1) is 18.3. The van der Waals surface area contributed by atoms with Crippen LogP contribution in [0.4, 0.5) is 13.2 Å². The molecule has 1 aromatic carbocycles. The van der Waals surface area contributed by atoms with Crippen molar-refractivity contribution >= 4 is 21.8 Å². The Balaban J connectivity index is 1.98. The highest BCUT2D eigenvalue weighted by molar-refractivity contribution is 9.10. The van der Waals surface area contributed by atoms with Crippen LogP contribution in [0.2, 0.25) is 0 Å². The van der Waals surface area contributed by atoms with E-state index in [1.54, 1.807) is 12.1 Å². The van der Waals surface area contributed by atoms with Crippen LogP contribution < -0.4 is 5.43 Å². The molecule has 8 heteroatoms. The van der Waals surface area contributed by atoms with Gasteiger partial charge in [0, 0.05) is 22.2 Å². The molecule has 136 valence electrons. The molecule has 1 heterocycles. The second-order valence-electron chi connectivity index (χ2n) is 6.40. The molecule has 1 atom stereocenters. The molecule has 0 spiro atoms. The van der Waals surface area contributed by atoms with Crippen molar-refractivity contribution in [3.05, 3.63) is 45.6 Å². The average Bonchev–Trinajstić information content (AvgIpc) is 2.94. The first-order valence-corrected chi connectivity index (χ1v) is 8.88. The second kappa shape index (κ2) is 6.64. The molecule has 25 heavy (non-hydrogen) atoms. The Hall–Kier alpha value is -1.54. The van der Waals surface area contributed by atoms with Gasteiger partial charge in [-0.1, -0.05) is 28.4 Å². The number of hydrogen-bond donors (Lipinski definition) is 2. The van der Waals surface area contributed by atoms with Gasteiger partial charge < -0.3 is 5.11 Å². The van der Waals surface area contributed by atoms with Crippen LogP contribution in [0.15, 0.2) is 40.0 Å². The largest absolute Gasteiger partial charge is 0.438 e. The lowest BCUT2D eigenvalue weighted by atomic mass is 9.91. The second-order valence-corrected chi connectivity index (χ2v) is 7.31. The number of hydrazine groups is 1. The Morgan fingerprint density at radius 2 is 1.92 bits per heavy atom. The van der Waals surface area contributed by atoms with E-state index in [1.807, 2.05) is 0 Å². The van der Waals surface area contributed by atoms with E-state index < -0.39 is 24.2 Å². The molecular formula is C17H18BrF3N2O2. The summed E-state index contributed by atoms with van der Waals surface area (Å²) in [6.45, 7) is 0. The number of hydrogen-bond acceptors (Lipinski definition) is 3. The van der Waals surface area contributed by atoms with Crippen molar-refractivity contribution in [3.63, 3.8) is 0 Å². The summed E-state index contributed by atoms with van der Waals surface area (Å²) >= 11 is 3.20. The number of alkyl halides is 3. The number of nitrogens with one attached hydrogen (secondary N) is 1. The van der Waals surface area contributed by atoms with Gasteiger partial charge in [-0.25, -0.2) is 5.01 Å². The molecule has 2 aliphatic rings. The highest BCUT2D eigenvalue weighted by Gasteiger charge is 2.63. The van der Waals surface area contributed by atoms with E-state index in [0.29, 0.717) is 28.0 Å². The predicted octanol–water partition coefficient (Wildman–Crippen LogP) is 4.27. The summed E-state index contributed by atoms with van der Waals surface area (Å²) in [5.74, 6) is -0.924. The van der Waals surface area contributed by atoms with E-state index in [9.17, 15) is 23.1 Å². The molecule has 1 saturated carbocycles. The number of allylic oxidation sites excluding steroid dienone is 1. The van der Waals surface area contributed by atoms with Gasteiger partial charge in [-0.05, 0) is 49.5 Å². The predicted molar refractivity (Wildman–Crippen MR) is 89.2 cm³/mol. The molecular weight excluding hydrogens is 401 g/mol. The summed E-state index contributed by atoms with van der Waals surface area (Å²) in [5, 5.41) is 10.7. The number of carbonyl (C=O) groups excluding carboxylic acids is 1. The maximum atomic E-state index is 13.6. The number of rotatable bonds is 1. The van der Waals surface area contributed by atoms with Crippen LogP contribution in [0.3, 0.4) is 0 Å². The van der Waals surface area contributed by atoms with Crippen molar-refractivity contribution in [2.24, 2.45) is 0 Å². The fourth-order valence-corrected chi connectivity index (χ4v) is 3.67. The Kier molecular flexibility index (Phi) is 4.85. The molecule has 1 saturated heterocycles. The molecule has 2 N–H and O–H groups in total. The number of aliphatic hydroxyl groups is 1. The maximum Gasteiger partial charge on any atom is 0.438 e. The summed E-state index contributed by atoms with van der Waals surface area (Å²) in [6, 6.07) is 6.06. The van der Waals surface area contributed by atoms with Crippen LogP contribution in [0.25, 0.3) is 0 Å². The van der Waals surface area contributed by atoms with Crippen LogP contribution >= 0.6 is 15.9 Å². The molecule has 0 bridgehead atoms. The van der Waals surface area contributed by atoms with E-state index in [0.717, 1.165) is 24.8 Å². The Morgan fingerprint density at radius 1 is 1.24 bits per heavy atom. The van der Waals surface area contributed by atoms with Crippen molar-refractivity contribution in [2.45, 2.75) is 50.4 Å². The number of halogens is 4. The number of nitrogens with zero attached hydrogens (tertiary/aromatic N) is 1. The lowest BCUT2D eigenvalue weighted by molar-refractivity contribution is -0.299. The van der Waals surface area contributed by atoms with Crippen LogP contribution in [0.1, 0.15) is 48.9 Å². The lowest BCUT2D eigenvalue weighted by Crippen LogP contribution is -2.59. The fraction of sp³-hybridized carbons (Fsp3) is 0.471. The van der Waals surface area contributed by atoms with E-state index in [-0.39, 0.29) is 5.56 Å². The quantitative estimate of drug-likeness (QED) is 0.715. The highest BCUT2D eigenvalue weighted by Crippen LogP contribution is 2.43. The van der Waals surface area contributed by atoms with Crippen LogP contribution in [0.5, 0.6) is 0 Å². The Labute approximate surface area is 151 Å². The first-order chi connectivity index (χ1) is 11.7. The molecule has 1 aromatic rings. The van der Waals surface area contributed by atoms with Crippen molar-refractivity contribution < 1.29 is 23.1 Å². The topological polar surface area (TPSA) is 52.6 Å². The zero-order valence-electron chi connectivity index (χ0n) is 13.4. The van der Waals surface area contributed by atoms with Crippen molar-refractivity contribution in [1.82, 2.24) is 10.4 Å². The minimum absolute atomic E-state index is 0.0550. The van der Waals surface area contributed by atoms with Crippen LogP contribution in [-0.2, 0) is 0 Å². The third kappa shape index (κ3) is 3.42. The zero-order valence-corrected chi connectivity index (χ0v) is 15.0. The van der Waals surface area contributed by atoms with Gasteiger partial charge in [0.15, 0.2) is 0 Å². The van der Waals surface area contributed by atoms with Gasteiger partial charge in [-0.3, -0.25) is 10.2 Å². The minimum Gasteiger partial charge on any atom is -0.362 e. The molecule has 0 aromatic heterocycles. The van der Waals surface area contributed by atoms with Gasteiger partial charge >= 0.3 is 6.18 Å². The van der Waals surface area contributed by atoms with Gasteiger partial charge in [-0.2, -0.15) is 13.2 Å². The smallest absolute Gasteiger partial charge is 0.362 e. The van der Waals surface area contributed by atoms with E-state index in [4.69, 9.17) is 0 Å². The van der Waals surface area contributed by atoms with Gasteiger partial charge in [0.05, 0.1) is 0 Å². The minimum atomic E-state index is -4.97. The monoisotopic (exact) mass is 418 g/mol. The van der Waals surface area contributed by atoms with Gasteiger partial charge in [0.1, 0.15) is 0 Å². The number of benzene rings is 1. The third-order valence-electron chi connectivity index (χ3n) is 4.65. The summed E-state index contributed by atoms with van der Waals surface area (Å²) in [6.07, 6.45) is -1.40. The molecule has 2 fully saturated rings. The SMILES string of the molecule is O=C(c1cccc(Br)c1)N1NC(=C2CCCCC2)C[C@@]1(O)C(F)(F)F. The lowest BCUT2D eigenvalue weighted by Gasteiger charge is -2.33. The normalized spacial score (nSPS) is 24.4. The molecule has 3 rings (SSSR count). The van der Waals surface area contributed by atoms with Gasteiger partial charge in [-0.15, -0.1) is 0 Å². The standard InChI is InChI=1S/C17H18BrF3N2O2/c18-13-8-4-7-12(9-13)15(24)23-16(25,17(19,20)21)10-14(22-23)11-5-2-1-3-6-11/h4,7-9,22,25H,1-3,5-6,10H2/t16-/m1/s1. The Bertz CT molecular complexity index is 712. The first-order valence-electron chi connectivity index (χ1n) is 8.09. The highest BCUT2D eigenvalue weighted by atomic mass is 79.9. The molecule has 1 amide bonds. The van der Waals surface area contributed by atoms with Crippen molar-refractivity contribution in [3.8, 4) is 0 Å². The zero-order chi connectivity index (χ0) is 18.2. The molecule has 1 aliphatic heterocycles.